The molecule has 2 atom stereocenters. The molecule has 10 heteroatoms. The zero-order valence-corrected chi connectivity index (χ0v) is 24.8. The van der Waals surface area contributed by atoms with Crippen molar-refractivity contribution in [2.45, 2.75) is 32.9 Å². The fraction of sp³-hybridized carbons (Fsp3) is 0.250. The Morgan fingerprint density at radius 3 is 2.43 bits per heavy atom. The second kappa shape index (κ2) is 11.7. The van der Waals surface area contributed by atoms with Gasteiger partial charge in [-0.25, -0.2) is 4.79 Å². The minimum absolute atomic E-state index is 0.122. The second-order valence-corrected chi connectivity index (χ2v) is 11.2. The molecule has 0 saturated carbocycles. The standard InChI is InChI=1S/C32H32N4O5S/c1-32(2,3)30(38)34-22-14-13-21(18-26(22)39-4)36-28(27(35-31(36)42)23-8-6-7-17-33-23)25-16-15-24(41-25)19-9-11-20(12-10-19)29(37)40-5/h6-18,27-28H,1-5H3,(H,34,38)(H,35,42)/t27-,28+/m1/s1. The number of benzene rings is 2. The minimum Gasteiger partial charge on any atom is -0.494 e. The van der Waals surface area contributed by atoms with Gasteiger partial charge in [0, 0.05) is 28.9 Å². The van der Waals surface area contributed by atoms with Crippen molar-refractivity contribution in [3.63, 3.8) is 0 Å². The van der Waals surface area contributed by atoms with Gasteiger partial charge in [-0.05, 0) is 60.7 Å². The molecule has 0 spiro atoms. The van der Waals surface area contributed by atoms with Crippen molar-refractivity contribution in [2.75, 3.05) is 24.4 Å². The van der Waals surface area contributed by atoms with Crippen LogP contribution < -0.4 is 20.3 Å². The van der Waals surface area contributed by atoms with Crippen LogP contribution >= 0.6 is 12.2 Å². The van der Waals surface area contributed by atoms with Crippen LogP contribution in [0.1, 0.15) is 54.7 Å². The largest absolute Gasteiger partial charge is 0.494 e. The molecule has 0 radical (unpaired) electrons. The van der Waals surface area contributed by atoms with Crippen molar-refractivity contribution in [3.05, 3.63) is 96.0 Å². The number of amides is 1. The molecule has 1 amide bonds. The van der Waals surface area contributed by atoms with Gasteiger partial charge in [0.2, 0.25) is 5.91 Å². The van der Waals surface area contributed by atoms with Crippen LogP contribution in [0.15, 0.2) is 83.4 Å². The first-order valence-corrected chi connectivity index (χ1v) is 13.8. The lowest BCUT2D eigenvalue weighted by molar-refractivity contribution is -0.123. The fourth-order valence-electron chi connectivity index (χ4n) is 4.72. The summed E-state index contributed by atoms with van der Waals surface area (Å²) in [5.41, 5.74) is 2.81. The summed E-state index contributed by atoms with van der Waals surface area (Å²) in [6, 6.07) is 21.4. The number of carbonyl (C=O) groups excluding carboxylic acids is 2. The number of esters is 1. The lowest BCUT2D eigenvalue weighted by Gasteiger charge is -2.27. The van der Waals surface area contributed by atoms with Crippen molar-refractivity contribution in [3.8, 4) is 17.1 Å². The van der Waals surface area contributed by atoms with Crippen molar-refractivity contribution in [1.82, 2.24) is 10.3 Å². The van der Waals surface area contributed by atoms with Gasteiger partial charge in [-0.2, -0.15) is 0 Å². The third kappa shape index (κ3) is 5.71. The maximum atomic E-state index is 12.7. The predicted molar refractivity (Wildman–Crippen MR) is 164 cm³/mol. The van der Waals surface area contributed by atoms with Gasteiger partial charge in [-0.3, -0.25) is 9.78 Å². The Kier molecular flexibility index (Phi) is 8.00. The molecule has 0 aliphatic carbocycles. The summed E-state index contributed by atoms with van der Waals surface area (Å²) in [4.78, 5) is 31.1. The number of thiocarbonyl (C=S) groups is 1. The number of nitrogens with one attached hydrogen (secondary N) is 2. The average Bonchev–Trinajstić information content (AvgIpc) is 3.61. The van der Waals surface area contributed by atoms with Crippen LogP contribution in [0.25, 0.3) is 11.3 Å². The van der Waals surface area contributed by atoms with E-state index in [9.17, 15) is 9.59 Å². The summed E-state index contributed by atoms with van der Waals surface area (Å²) in [7, 11) is 2.91. The highest BCUT2D eigenvalue weighted by Crippen LogP contribution is 2.44. The molecule has 216 valence electrons. The van der Waals surface area contributed by atoms with Gasteiger partial charge < -0.3 is 29.4 Å². The summed E-state index contributed by atoms with van der Waals surface area (Å²) in [6.45, 7) is 5.56. The number of hydrogen-bond donors (Lipinski definition) is 2. The van der Waals surface area contributed by atoms with Gasteiger partial charge in [0.15, 0.2) is 5.11 Å². The number of nitrogens with zero attached hydrogens (tertiary/aromatic N) is 2. The first-order valence-electron chi connectivity index (χ1n) is 13.4. The molecular weight excluding hydrogens is 552 g/mol. The van der Waals surface area contributed by atoms with E-state index in [-0.39, 0.29) is 11.9 Å². The molecule has 0 bridgehead atoms. The quantitative estimate of drug-likeness (QED) is 0.191. The molecule has 1 aliphatic heterocycles. The van der Waals surface area contributed by atoms with Crippen LogP contribution in [0.2, 0.25) is 0 Å². The third-order valence-electron chi connectivity index (χ3n) is 7.00. The minimum atomic E-state index is -0.568. The molecule has 2 aromatic carbocycles. The summed E-state index contributed by atoms with van der Waals surface area (Å²) in [6.07, 6.45) is 1.74. The Balaban J connectivity index is 1.53. The van der Waals surface area contributed by atoms with Gasteiger partial charge in [0.1, 0.15) is 23.3 Å². The summed E-state index contributed by atoms with van der Waals surface area (Å²) in [5, 5.41) is 6.87. The first kappa shape index (κ1) is 28.8. The number of furan rings is 1. The maximum absolute atomic E-state index is 12.7. The fourth-order valence-corrected chi connectivity index (χ4v) is 5.07. The van der Waals surface area contributed by atoms with Crippen LogP contribution in [0.3, 0.4) is 0 Å². The molecule has 2 N–H and O–H groups in total. The second-order valence-electron chi connectivity index (χ2n) is 10.9. The van der Waals surface area contributed by atoms with E-state index in [0.717, 1.165) is 16.9 Å². The lowest BCUT2D eigenvalue weighted by Crippen LogP contribution is -2.30. The highest BCUT2D eigenvalue weighted by Gasteiger charge is 2.43. The summed E-state index contributed by atoms with van der Waals surface area (Å²) < 4.78 is 16.9. The molecule has 4 aromatic rings. The molecule has 2 aromatic heterocycles. The molecule has 1 aliphatic rings. The van der Waals surface area contributed by atoms with Crippen LogP contribution in [0.5, 0.6) is 5.75 Å². The number of pyridine rings is 1. The van der Waals surface area contributed by atoms with Crippen molar-refractivity contribution in [2.24, 2.45) is 5.41 Å². The Morgan fingerprint density at radius 2 is 1.79 bits per heavy atom. The number of carbonyl (C=O) groups is 2. The monoisotopic (exact) mass is 584 g/mol. The predicted octanol–water partition coefficient (Wildman–Crippen LogP) is 6.30. The van der Waals surface area contributed by atoms with Gasteiger partial charge in [0.25, 0.3) is 0 Å². The first-order chi connectivity index (χ1) is 20.1. The molecule has 1 fully saturated rings. The van der Waals surface area contributed by atoms with Gasteiger partial charge in [-0.15, -0.1) is 0 Å². The number of anilines is 2. The number of hydrogen-bond acceptors (Lipinski definition) is 7. The molecule has 0 unspecified atom stereocenters. The van der Waals surface area contributed by atoms with Gasteiger partial charge in [0.05, 0.1) is 37.2 Å². The Morgan fingerprint density at radius 1 is 1.02 bits per heavy atom. The number of methoxy groups -OCH3 is 2. The normalized spacial score (nSPS) is 16.6. The number of rotatable bonds is 7. The van der Waals surface area contributed by atoms with E-state index in [4.69, 9.17) is 26.1 Å². The third-order valence-corrected chi connectivity index (χ3v) is 7.31. The van der Waals surface area contributed by atoms with Crippen LogP contribution in [0, 0.1) is 5.41 Å². The summed E-state index contributed by atoms with van der Waals surface area (Å²) in [5.74, 6) is 1.27. The highest BCUT2D eigenvalue weighted by molar-refractivity contribution is 7.80. The Hall–Kier alpha value is -4.70. The van der Waals surface area contributed by atoms with E-state index in [1.54, 1.807) is 25.4 Å². The topological polar surface area (TPSA) is 106 Å². The smallest absolute Gasteiger partial charge is 0.337 e. The molecule has 3 heterocycles. The van der Waals surface area contributed by atoms with Crippen LogP contribution in [-0.4, -0.2) is 36.2 Å². The summed E-state index contributed by atoms with van der Waals surface area (Å²) >= 11 is 5.85. The van der Waals surface area contributed by atoms with Gasteiger partial charge >= 0.3 is 5.97 Å². The zero-order chi connectivity index (χ0) is 30.0. The van der Waals surface area contributed by atoms with Crippen molar-refractivity contribution < 1.29 is 23.5 Å². The van der Waals surface area contributed by atoms with E-state index in [1.807, 2.05) is 86.3 Å². The van der Waals surface area contributed by atoms with E-state index in [1.165, 1.54) is 7.11 Å². The zero-order valence-electron chi connectivity index (χ0n) is 24.0. The Labute approximate surface area is 249 Å². The lowest BCUT2D eigenvalue weighted by atomic mass is 9.95. The molecule has 42 heavy (non-hydrogen) atoms. The van der Waals surface area contributed by atoms with Gasteiger partial charge in [-0.1, -0.05) is 39.0 Å². The van der Waals surface area contributed by atoms with E-state index in [2.05, 4.69) is 15.6 Å². The Bertz CT molecular complexity index is 1610. The maximum Gasteiger partial charge on any atom is 0.337 e. The van der Waals surface area contributed by atoms with Crippen LogP contribution in [0.4, 0.5) is 11.4 Å². The van der Waals surface area contributed by atoms with E-state index >= 15 is 0 Å². The van der Waals surface area contributed by atoms with Crippen LogP contribution in [-0.2, 0) is 9.53 Å². The van der Waals surface area contributed by atoms with E-state index < -0.39 is 17.4 Å². The molecule has 5 rings (SSSR count). The highest BCUT2D eigenvalue weighted by atomic mass is 32.1. The van der Waals surface area contributed by atoms with E-state index in [0.29, 0.717) is 33.6 Å². The molecular formula is C32H32N4O5S. The average molecular weight is 585 g/mol. The van der Waals surface area contributed by atoms with Crippen molar-refractivity contribution in [1.29, 1.82) is 0 Å². The molecule has 1 saturated heterocycles. The number of ether oxygens (including phenoxy) is 2. The van der Waals surface area contributed by atoms with Crippen molar-refractivity contribution >= 4 is 40.6 Å². The number of aromatic nitrogens is 1. The SMILES string of the molecule is COC(=O)c1ccc(-c2ccc([C@H]3[C@@H](c4ccccn4)NC(=S)N3c3ccc(NC(=O)C(C)(C)C)c(OC)c3)o2)cc1. The molecule has 9 nitrogen and oxygen atoms in total.